The summed E-state index contributed by atoms with van der Waals surface area (Å²) in [5.41, 5.74) is 4.04. The Morgan fingerprint density at radius 3 is 2.37 bits per heavy atom. The number of carbonyl (C=O) groups excluding carboxylic acids is 1. The second-order valence-electron chi connectivity index (χ2n) is 9.55. The lowest BCUT2D eigenvalue weighted by Crippen LogP contribution is -2.11. The molecular weight excluding hydrogens is 484 g/mol. The Balaban J connectivity index is 1.49. The monoisotopic (exact) mass is 514 g/mol. The minimum Gasteiger partial charge on any atom is -0.485 e. The molecule has 0 aliphatic rings. The molecule has 8 nitrogen and oxygen atoms in total. The van der Waals surface area contributed by atoms with Crippen LogP contribution in [-0.4, -0.2) is 10.8 Å². The van der Waals surface area contributed by atoms with E-state index in [9.17, 15) is 14.9 Å². The number of rotatable bonds is 9. The zero-order valence-electron chi connectivity index (χ0n) is 22.0. The summed E-state index contributed by atoms with van der Waals surface area (Å²) < 4.78 is 17.6. The summed E-state index contributed by atoms with van der Waals surface area (Å²) in [5.74, 6) is 1.86. The number of non-ortho nitro benzene ring substituents is 1. The topological polar surface area (TPSA) is 104 Å². The van der Waals surface area contributed by atoms with Gasteiger partial charge in [0, 0.05) is 12.1 Å². The van der Waals surface area contributed by atoms with Gasteiger partial charge in [-0.15, -0.1) is 0 Å². The summed E-state index contributed by atoms with van der Waals surface area (Å²) in [6, 6.07) is 19.1. The summed E-state index contributed by atoms with van der Waals surface area (Å²) in [6.07, 6.45) is 0. The van der Waals surface area contributed by atoms with Crippen molar-refractivity contribution in [3.63, 3.8) is 0 Å². The first-order chi connectivity index (χ1) is 18.1. The van der Waals surface area contributed by atoms with E-state index in [2.05, 4.69) is 19.2 Å². The van der Waals surface area contributed by atoms with Crippen LogP contribution in [0.2, 0.25) is 0 Å². The lowest BCUT2D eigenvalue weighted by molar-refractivity contribution is -0.384. The molecule has 38 heavy (non-hydrogen) atoms. The second-order valence-corrected chi connectivity index (χ2v) is 9.55. The van der Waals surface area contributed by atoms with E-state index in [0.29, 0.717) is 17.4 Å². The number of amides is 1. The van der Waals surface area contributed by atoms with E-state index in [1.807, 2.05) is 57.2 Å². The molecule has 0 atom stereocenters. The van der Waals surface area contributed by atoms with E-state index in [-0.39, 0.29) is 29.5 Å². The van der Waals surface area contributed by atoms with Gasteiger partial charge in [0.25, 0.3) is 11.6 Å². The maximum atomic E-state index is 12.9. The van der Waals surface area contributed by atoms with Crippen LogP contribution in [0, 0.1) is 30.9 Å². The van der Waals surface area contributed by atoms with Gasteiger partial charge in [-0.25, -0.2) is 0 Å². The van der Waals surface area contributed by atoms with Gasteiger partial charge in [0.2, 0.25) is 0 Å². The number of nitrogens with one attached hydrogen (secondary N) is 1. The smallest absolute Gasteiger partial charge is 0.291 e. The molecule has 0 aliphatic heterocycles. The van der Waals surface area contributed by atoms with E-state index < -0.39 is 10.8 Å². The average molecular weight is 515 g/mol. The average Bonchev–Trinajstić information content (AvgIpc) is 3.34. The molecule has 0 fully saturated rings. The minimum atomic E-state index is -0.548. The maximum absolute atomic E-state index is 12.9. The molecule has 1 heterocycles. The Morgan fingerprint density at radius 2 is 1.66 bits per heavy atom. The van der Waals surface area contributed by atoms with Crippen molar-refractivity contribution in [1.82, 2.24) is 0 Å². The van der Waals surface area contributed by atoms with Crippen molar-refractivity contribution >= 4 is 17.3 Å². The van der Waals surface area contributed by atoms with Crippen LogP contribution in [-0.2, 0) is 6.61 Å². The van der Waals surface area contributed by atoms with Crippen LogP contribution in [0.15, 0.2) is 71.1 Å². The van der Waals surface area contributed by atoms with E-state index in [1.54, 1.807) is 12.1 Å². The summed E-state index contributed by atoms with van der Waals surface area (Å²) >= 11 is 0. The molecule has 0 unspecified atom stereocenters. The number of hydrogen-bond acceptors (Lipinski definition) is 6. The van der Waals surface area contributed by atoms with E-state index in [0.717, 1.165) is 28.0 Å². The van der Waals surface area contributed by atoms with E-state index in [1.165, 1.54) is 18.2 Å². The third-order valence-corrected chi connectivity index (χ3v) is 5.98. The van der Waals surface area contributed by atoms with Gasteiger partial charge in [0.05, 0.1) is 16.7 Å². The fourth-order valence-corrected chi connectivity index (χ4v) is 3.93. The van der Waals surface area contributed by atoms with E-state index >= 15 is 0 Å². The third-order valence-electron chi connectivity index (χ3n) is 5.98. The van der Waals surface area contributed by atoms with Crippen LogP contribution < -0.4 is 14.8 Å². The Morgan fingerprint density at radius 1 is 0.947 bits per heavy atom. The number of carbonyl (C=O) groups is 1. The Kier molecular flexibility index (Phi) is 7.81. The first-order valence-corrected chi connectivity index (χ1v) is 12.3. The number of anilines is 1. The summed E-state index contributed by atoms with van der Waals surface area (Å²) in [4.78, 5) is 23.9. The molecule has 4 aromatic rings. The van der Waals surface area contributed by atoms with Crippen LogP contribution in [0.25, 0.3) is 0 Å². The first-order valence-electron chi connectivity index (χ1n) is 12.3. The predicted molar refractivity (Wildman–Crippen MR) is 145 cm³/mol. The number of nitro benzene ring substituents is 1. The molecule has 0 bridgehead atoms. The number of aryl methyl sites for hydroxylation is 3. The Labute approximate surface area is 221 Å². The summed E-state index contributed by atoms with van der Waals surface area (Å²) in [5, 5.41) is 14.2. The third kappa shape index (κ3) is 6.39. The van der Waals surface area contributed by atoms with Gasteiger partial charge >= 0.3 is 0 Å². The van der Waals surface area contributed by atoms with Crippen LogP contribution in [0.4, 0.5) is 11.4 Å². The highest BCUT2D eigenvalue weighted by Gasteiger charge is 2.17. The zero-order valence-corrected chi connectivity index (χ0v) is 22.0. The zero-order chi connectivity index (χ0) is 27.4. The highest BCUT2D eigenvalue weighted by atomic mass is 16.6. The molecule has 1 aromatic heterocycles. The largest absolute Gasteiger partial charge is 0.485 e. The number of ether oxygens (including phenoxy) is 2. The number of benzene rings is 3. The van der Waals surface area contributed by atoms with Gasteiger partial charge in [-0.3, -0.25) is 14.9 Å². The van der Waals surface area contributed by atoms with Gasteiger partial charge < -0.3 is 19.2 Å². The fourth-order valence-electron chi connectivity index (χ4n) is 3.93. The number of hydrogen-bond donors (Lipinski definition) is 1. The van der Waals surface area contributed by atoms with Crippen molar-refractivity contribution < 1.29 is 23.6 Å². The molecule has 1 amide bonds. The minimum absolute atomic E-state index is 0.0560. The molecule has 0 spiro atoms. The van der Waals surface area contributed by atoms with Gasteiger partial charge in [0.1, 0.15) is 29.6 Å². The maximum Gasteiger partial charge on any atom is 0.291 e. The normalized spacial score (nSPS) is 10.9. The van der Waals surface area contributed by atoms with E-state index in [4.69, 9.17) is 13.9 Å². The molecule has 0 saturated heterocycles. The van der Waals surface area contributed by atoms with Crippen molar-refractivity contribution in [3.8, 4) is 17.2 Å². The number of nitrogens with zero attached hydrogens (tertiary/aromatic N) is 1. The molecule has 0 radical (unpaired) electrons. The van der Waals surface area contributed by atoms with Crippen LogP contribution >= 0.6 is 0 Å². The molecule has 0 saturated carbocycles. The van der Waals surface area contributed by atoms with Gasteiger partial charge in [-0.05, 0) is 73.2 Å². The number of nitro groups is 1. The van der Waals surface area contributed by atoms with Gasteiger partial charge in [-0.1, -0.05) is 38.1 Å². The first kappa shape index (κ1) is 26.5. The molecule has 196 valence electrons. The van der Waals surface area contributed by atoms with Crippen molar-refractivity contribution in [3.05, 3.63) is 111 Å². The molecule has 0 aliphatic carbocycles. The van der Waals surface area contributed by atoms with Crippen LogP contribution in [0.3, 0.4) is 0 Å². The van der Waals surface area contributed by atoms with Gasteiger partial charge in [0.15, 0.2) is 5.76 Å². The second kappa shape index (κ2) is 11.2. The molecule has 1 N–H and O–H groups in total. The van der Waals surface area contributed by atoms with Crippen molar-refractivity contribution in [1.29, 1.82) is 0 Å². The molecule has 3 aromatic carbocycles. The van der Waals surface area contributed by atoms with Crippen molar-refractivity contribution in [2.24, 2.45) is 0 Å². The number of furan rings is 1. The van der Waals surface area contributed by atoms with Crippen molar-refractivity contribution in [2.75, 3.05) is 5.32 Å². The summed E-state index contributed by atoms with van der Waals surface area (Å²) in [7, 11) is 0. The Hall–Kier alpha value is -4.59. The lowest BCUT2D eigenvalue weighted by Gasteiger charge is -2.14. The van der Waals surface area contributed by atoms with Crippen LogP contribution in [0.5, 0.6) is 17.2 Å². The molecule has 8 heteroatoms. The highest BCUT2D eigenvalue weighted by Crippen LogP contribution is 2.32. The van der Waals surface area contributed by atoms with Gasteiger partial charge in [-0.2, -0.15) is 0 Å². The standard InChI is InChI=1S/C30H30N2O6/c1-18(2)26-10-7-20(4)13-29(26)36-17-24-9-11-27(37-24)30(33)31-22-14-23(32(34)35)16-25(15-22)38-28-12-19(3)6-8-21(28)5/h6-16,18H,17H2,1-5H3,(H,31,33). The van der Waals surface area contributed by atoms with Crippen LogP contribution in [0.1, 0.15) is 58.3 Å². The molecule has 4 rings (SSSR count). The predicted octanol–water partition coefficient (Wildman–Crippen LogP) is 7.86. The summed E-state index contributed by atoms with van der Waals surface area (Å²) in [6.45, 7) is 10.2. The molecular formula is C30H30N2O6. The highest BCUT2D eigenvalue weighted by molar-refractivity contribution is 6.02. The fraction of sp³-hybridized carbons (Fsp3) is 0.233. The quantitative estimate of drug-likeness (QED) is 0.180. The Bertz CT molecular complexity index is 1490. The SMILES string of the molecule is Cc1ccc(C)c(Oc2cc(NC(=O)c3ccc(COc4cc(C)ccc4C(C)C)o3)cc([N+](=O)[O-])c2)c1. The van der Waals surface area contributed by atoms with Crippen molar-refractivity contribution in [2.45, 2.75) is 47.1 Å². The lowest BCUT2D eigenvalue weighted by atomic mass is 10.0.